The molecule has 94 valence electrons. The summed E-state index contributed by atoms with van der Waals surface area (Å²) in [6, 6.07) is 5.53. The Morgan fingerprint density at radius 2 is 2.11 bits per heavy atom. The zero-order valence-corrected chi connectivity index (χ0v) is 12.3. The van der Waals surface area contributed by atoms with Crippen molar-refractivity contribution in [3.8, 4) is 11.4 Å². The van der Waals surface area contributed by atoms with E-state index in [-0.39, 0.29) is 0 Å². The largest absolute Gasteiger partial charge is 0.389 e. The van der Waals surface area contributed by atoms with Crippen molar-refractivity contribution >= 4 is 27.5 Å². The van der Waals surface area contributed by atoms with Crippen LogP contribution in [-0.2, 0) is 0 Å². The summed E-state index contributed by atoms with van der Waals surface area (Å²) >= 11 is 9.32. The average molecular weight is 328 g/mol. The van der Waals surface area contributed by atoms with Gasteiger partial charge in [0.25, 0.3) is 0 Å². The van der Waals surface area contributed by atoms with Gasteiger partial charge in [0.1, 0.15) is 0 Å². The van der Waals surface area contributed by atoms with Gasteiger partial charge in [0.2, 0.25) is 0 Å². The molecule has 18 heavy (non-hydrogen) atoms. The van der Waals surface area contributed by atoms with Gasteiger partial charge in [-0.15, -0.1) is 0 Å². The van der Waals surface area contributed by atoms with Crippen LogP contribution in [0.1, 0.15) is 24.3 Å². The molecular weight excluding hydrogens is 316 g/mol. The number of aliphatic hydroxyl groups is 1. The number of nitrogens with zero attached hydrogens (tertiary/aromatic N) is 2. The van der Waals surface area contributed by atoms with Crippen LogP contribution < -0.4 is 0 Å². The van der Waals surface area contributed by atoms with Crippen LogP contribution >= 0.6 is 27.5 Å². The highest BCUT2D eigenvalue weighted by molar-refractivity contribution is 9.10. The lowest BCUT2D eigenvalue weighted by molar-refractivity contribution is 0.197. The van der Waals surface area contributed by atoms with Gasteiger partial charge in [-0.3, -0.25) is 0 Å². The molecule has 0 saturated carbocycles. The minimum Gasteiger partial charge on any atom is -0.389 e. The number of benzene rings is 1. The topological polar surface area (TPSA) is 46.0 Å². The van der Waals surface area contributed by atoms with Crippen molar-refractivity contribution in [1.82, 2.24) is 9.97 Å². The lowest BCUT2D eigenvalue weighted by Crippen LogP contribution is -2.01. The molecule has 0 amide bonds. The van der Waals surface area contributed by atoms with Crippen LogP contribution in [0, 0.1) is 6.92 Å². The maximum Gasteiger partial charge on any atom is 0.159 e. The van der Waals surface area contributed by atoms with E-state index in [1.54, 1.807) is 19.2 Å². The van der Waals surface area contributed by atoms with Crippen LogP contribution in [-0.4, -0.2) is 15.1 Å². The van der Waals surface area contributed by atoms with Crippen LogP contribution in [0.25, 0.3) is 11.4 Å². The fourth-order valence-corrected chi connectivity index (χ4v) is 2.16. The molecule has 1 aromatic heterocycles. The van der Waals surface area contributed by atoms with E-state index >= 15 is 0 Å². The molecule has 1 unspecified atom stereocenters. The molecule has 0 spiro atoms. The molecule has 0 aliphatic rings. The molecule has 0 aliphatic carbocycles. The average Bonchev–Trinajstić information content (AvgIpc) is 2.32. The van der Waals surface area contributed by atoms with Crippen molar-refractivity contribution < 1.29 is 5.11 Å². The minimum atomic E-state index is -0.559. The van der Waals surface area contributed by atoms with Crippen LogP contribution in [0.2, 0.25) is 5.02 Å². The maximum atomic E-state index is 9.54. The SMILES string of the molecule is Cc1nc(-c2ccc(Cl)c(Br)c2)ncc1C(C)O. The van der Waals surface area contributed by atoms with E-state index in [4.69, 9.17) is 11.6 Å². The highest BCUT2D eigenvalue weighted by Gasteiger charge is 2.10. The number of aromatic nitrogens is 2. The van der Waals surface area contributed by atoms with Crippen molar-refractivity contribution in [2.75, 3.05) is 0 Å². The summed E-state index contributed by atoms with van der Waals surface area (Å²) in [6.45, 7) is 3.56. The summed E-state index contributed by atoms with van der Waals surface area (Å²) in [7, 11) is 0. The first kappa shape index (κ1) is 13.5. The first-order chi connectivity index (χ1) is 8.49. The van der Waals surface area contributed by atoms with Gasteiger partial charge in [-0.1, -0.05) is 11.6 Å². The molecule has 0 saturated heterocycles. The predicted octanol–water partition coefficient (Wildman–Crippen LogP) is 3.92. The molecule has 1 heterocycles. The molecular formula is C13H12BrClN2O. The van der Waals surface area contributed by atoms with E-state index in [9.17, 15) is 5.11 Å². The first-order valence-corrected chi connectivity index (χ1v) is 6.63. The Bertz CT molecular complexity index is 587. The summed E-state index contributed by atoms with van der Waals surface area (Å²) in [5, 5.41) is 10.2. The summed E-state index contributed by atoms with van der Waals surface area (Å²) in [4.78, 5) is 8.67. The van der Waals surface area contributed by atoms with E-state index < -0.39 is 6.10 Å². The van der Waals surface area contributed by atoms with Gasteiger partial charge in [0.15, 0.2) is 5.82 Å². The number of aliphatic hydroxyl groups excluding tert-OH is 1. The van der Waals surface area contributed by atoms with Crippen molar-refractivity contribution in [2.45, 2.75) is 20.0 Å². The van der Waals surface area contributed by atoms with Gasteiger partial charge in [-0.25, -0.2) is 9.97 Å². The summed E-state index contributed by atoms with van der Waals surface area (Å²) in [5.41, 5.74) is 2.40. The van der Waals surface area contributed by atoms with E-state index in [0.717, 1.165) is 21.3 Å². The van der Waals surface area contributed by atoms with Crippen LogP contribution in [0.4, 0.5) is 0 Å². The smallest absolute Gasteiger partial charge is 0.159 e. The zero-order valence-electron chi connectivity index (χ0n) is 9.98. The quantitative estimate of drug-likeness (QED) is 0.909. The molecule has 2 aromatic rings. The maximum absolute atomic E-state index is 9.54. The van der Waals surface area contributed by atoms with Crippen molar-refractivity contribution in [2.24, 2.45) is 0 Å². The Labute approximate surface area is 119 Å². The fraction of sp³-hybridized carbons (Fsp3) is 0.231. The molecule has 0 radical (unpaired) electrons. The number of hydrogen-bond acceptors (Lipinski definition) is 3. The van der Waals surface area contributed by atoms with E-state index in [2.05, 4.69) is 25.9 Å². The third-order valence-electron chi connectivity index (χ3n) is 2.65. The van der Waals surface area contributed by atoms with Gasteiger partial charge in [-0.05, 0) is 48.0 Å². The van der Waals surface area contributed by atoms with E-state index in [0.29, 0.717) is 10.8 Å². The highest BCUT2D eigenvalue weighted by Crippen LogP contribution is 2.27. The molecule has 5 heteroatoms. The molecule has 1 atom stereocenters. The molecule has 0 fully saturated rings. The highest BCUT2D eigenvalue weighted by atomic mass is 79.9. The Kier molecular flexibility index (Phi) is 4.00. The molecule has 3 nitrogen and oxygen atoms in total. The van der Waals surface area contributed by atoms with Gasteiger partial charge >= 0.3 is 0 Å². The van der Waals surface area contributed by atoms with Gasteiger partial charge in [0.05, 0.1) is 11.1 Å². The summed E-state index contributed by atoms with van der Waals surface area (Å²) in [6.07, 6.45) is 1.10. The summed E-state index contributed by atoms with van der Waals surface area (Å²) < 4.78 is 0.808. The monoisotopic (exact) mass is 326 g/mol. The lowest BCUT2D eigenvalue weighted by Gasteiger charge is -2.09. The number of aryl methyl sites for hydroxylation is 1. The second-order valence-corrected chi connectivity index (χ2v) is 5.30. The van der Waals surface area contributed by atoms with Crippen LogP contribution in [0.15, 0.2) is 28.9 Å². The van der Waals surface area contributed by atoms with Gasteiger partial charge < -0.3 is 5.11 Å². The Morgan fingerprint density at radius 3 is 2.67 bits per heavy atom. The normalized spacial score (nSPS) is 12.5. The zero-order chi connectivity index (χ0) is 13.3. The van der Waals surface area contributed by atoms with E-state index in [1.807, 2.05) is 19.1 Å². The predicted molar refractivity (Wildman–Crippen MR) is 75.5 cm³/mol. The summed E-state index contributed by atoms with van der Waals surface area (Å²) in [5.74, 6) is 0.620. The number of hydrogen-bond donors (Lipinski definition) is 1. The van der Waals surface area contributed by atoms with E-state index in [1.165, 1.54) is 0 Å². The van der Waals surface area contributed by atoms with Gasteiger partial charge in [-0.2, -0.15) is 0 Å². The van der Waals surface area contributed by atoms with Gasteiger partial charge in [0, 0.05) is 27.5 Å². The first-order valence-electron chi connectivity index (χ1n) is 5.46. The molecule has 0 bridgehead atoms. The molecule has 0 aliphatic heterocycles. The molecule has 1 aromatic carbocycles. The standard InChI is InChI=1S/C13H12BrClN2O/c1-7-10(8(2)18)6-16-13(17-7)9-3-4-12(15)11(14)5-9/h3-6,8,18H,1-2H3. The Balaban J connectivity index is 2.45. The molecule has 2 rings (SSSR count). The van der Waals surface area contributed by atoms with Crippen molar-refractivity contribution in [1.29, 1.82) is 0 Å². The Morgan fingerprint density at radius 1 is 1.39 bits per heavy atom. The molecule has 1 N–H and O–H groups in total. The fourth-order valence-electron chi connectivity index (χ4n) is 1.66. The second kappa shape index (κ2) is 5.34. The van der Waals surface area contributed by atoms with Crippen molar-refractivity contribution in [3.63, 3.8) is 0 Å². The van der Waals surface area contributed by atoms with Crippen LogP contribution in [0.3, 0.4) is 0 Å². The Hall–Kier alpha value is -0.970. The third kappa shape index (κ3) is 2.71. The minimum absolute atomic E-state index is 0.559. The number of halogens is 2. The van der Waals surface area contributed by atoms with Crippen LogP contribution in [0.5, 0.6) is 0 Å². The lowest BCUT2D eigenvalue weighted by atomic mass is 10.1. The third-order valence-corrected chi connectivity index (χ3v) is 3.86. The second-order valence-electron chi connectivity index (χ2n) is 4.04. The van der Waals surface area contributed by atoms with Crippen molar-refractivity contribution in [3.05, 3.63) is 45.1 Å². The number of rotatable bonds is 2.